The summed E-state index contributed by atoms with van der Waals surface area (Å²) >= 11 is 1.72. The maximum absolute atomic E-state index is 4.23. The molecule has 1 aromatic heterocycles. The Morgan fingerprint density at radius 1 is 1.40 bits per heavy atom. The van der Waals surface area contributed by atoms with Crippen LogP contribution in [0.1, 0.15) is 44.0 Å². The largest absolute Gasteiger partial charge is 0.350 e. The van der Waals surface area contributed by atoms with Gasteiger partial charge >= 0.3 is 0 Å². The van der Waals surface area contributed by atoms with Gasteiger partial charge in [0.2, 0.25) is 5.13 Å². The Morgan fingerprint density at radius 2 is 2.13 bits per heavy atom. The summed E-state index contributed by atoms with van der Waals surface area (Å²) in [5.41, 5.74) is 0. The third-order valence-corrected chi connectivity index (χ3v) is 4.16. The molecule has 0 spiro atoms. The van der Waals surface area contributed by atoms with Crippen LogP contribution in [-0.4, -0.2) is 23.8 Å². The number of anilines is 1. The highest BCUT2D eigenvalue weighted by Gasteiger charge is 2.21. The topological polar surface area (TPSA) is 29.0 Å². The highest BCUT2D eigenvalue weighted by Crippen LogP contribution is 2.33. The number of nitrogens with zero attached hydrogens (tertiary/aromatic N) is 3. The second-order valence-corrected chi connectivity index (χ2v) is 5.72. The van der Waals surface area contributed by atoms with Gasteiger partial charge in [-0.05, 0) is 12.3 Å². The van der Waals surface area contributed by atoms with E-state index in [0.717, 1.165) is 22.6 Å². The fourth-order valence-electron chi connectivity index (χ4n) is 1.49. The first-order valence-electron chi connectivity index (χ1n) is 5.71. The van der Waals surface area contributed by atoms with Crippen molar-refractivity contribution in [2.24, 2.45) is 5.92 Å². The van der Waals surface area contributed by atoms with Gasteiger partial charge in [0.1, 0.15) is 5.01 Å². The van der Waals surface area contributed by atoms with Gasteiger partial charge < -0.3 is 4.90 Å². The van der Waals surface area contributed by atoms with Crippen LogP contribution in [0.2, 0.25) is 0 Å². The summed E-state index contributed by atoms with van der Waals surface area (Å²) in [4.78, 5) is 2.24. The van der Waals surface area contributed by atoms with E-state index in [2.05, 4.69) is 36.0 Å². The molecule has 0 amide bonds. The van der Waals surface area contributed by atoms with Crippen LogP contribution in [0.15, 0.2) is 0 Å². The predicted octanol–water partition coefficient (Wildman–Crippen LogP) is 2.90. The molecule has 1 aliphatic rings. The minimum atomic E-state index is 0.494. The highest BCUT2D eigenvalue weighted by molar-refractivity contribution is 7.15. The Kier molecular flexibility index (Phi) is 3.24. The molecule has 84 valence electrons. The average molecular weight is 225 g/mol. The summed E-state index contributed by atoms with van der Waals surface area (Å²) in [6, 6.07) is 0. The zero-order valence-electron chi connectivity index (χ0n) is 9.73. The van der Waals surface area contributed by atoms with Crippen LogP contribution in [0.5, 0.6) is 0 Å². The molecule has 3 nitrogen and oxygen atoms in total. The SMILES string of the molecule is CC(C)c1nnc(N(C)CCC2CC2)s1. The Balaban J connectivity index is 1.88. The molecule has 0 aliphatic heterocycles. The Labute approximate surface area is 95.5 Å². The molecular weight excluding hydrogens is 206 g/mol. The van der Waals surface area contributed by atoms with Crippen molar-refractivity contribution in [2.75, 3.05) is 18.5 Å². The van der Waals surface area contributed by atoms with Gasteiger partial charge in [0.15, 0.2) is 0 Å². The predicted molar refractivity (Wildman–Crippen MR) is 64.6 cm³/mol. The van der Waals surface area contributed by atoms with Crippen molar-refractivity contribution in [3.8, 4) is 0 Å². The summed E-state index contributed by atoms with van der Waals surface area (Å²) in [5, 5.41) is 10.6. The molecule has 0 radical (unpaired) electrons. The van der Waals surface area contributed by atoms with Crippen LogP contribution < -0.4 is 4.90 Å². The normalized spacial score (nSPS) is 16.0. The molecule has 0 atom stereocenters. The van der Waals surface area contributed by atoms with Gasteiger partial charge in [0.05, 0.1) is 0 Å². The van der Waals surface area contributed by atoms with Gasteiger partial charge in [0, 0.05) is 19.5 Å². The third-order valence-electron chi connectivity index (χ3n) is 2.82. The molecule has 2 rings (SSSR count). The van der Waals surface area contributed by atoms with Crippen molar-refractivity contribution in [3.63, 3.8) is 0 Å². The zero-order valence-corrected chi connectivity index (χ0v) is 10.5. The summed E-state index contributed by atoms with van der Waals surface area (Å²) in [7, 11) is 2.12. The average Bonchev–Trinajstić information content (AvgIpc) is 2.88. The molecule has 1 aromatic rings. The molecule has 1 aliphatic carbocycles. The molecule has 0 bridgehead atoms. The molecule has 1 heterocycles. The van der Waals surface area contributed by atoms with E-state index in [1.807, 2.05) is 0 Å². The number of hydrogen-bond acceptors (Lipinski definition) is 4. The van der Waals surface area contributed by atoms with Gasteiger partial charge in [-0.25, -0.2) is 0 Å². The lowest BCUT2D eigenvalue weighted by atomic mass is 10.2. The lowest BCUT2D eigenvalue weighted by molar-refractivity contribution is 0.707. The van der Waals surface area contributed by atoms with E-state index >= 15 is 0 Å². The first kappa shape index (κ1) is 10.9. The second kappa shape index (κ2) is 4.47. The van der Waals surface area contributed by atoms with E-state index in [1.54, 1.807) is 11.3 Å². The van der Waals surface area contributed by atoms with Gasteiger partial charge in [-0.3, -0.25) is 0 Å². The molecule has 0 saturated heterocycles. The van der Waals surface area contributed by atoms with Gasteiger partial charge in [0.25, 0.3) is 0 Å². The van der Waals surface area contributed by atoms with Crippen molar-refractivity contribution in [1.29, 1.82) is 0 Å². The third kappa shape index (κ3) is 2.91. The van der Waals surface area contributed by atoms with E-state index < -0.39 is 0 Å². The monoisotopic (exact) mass is 225 g/mol. The van der Waals surface area contributed by atoms with Crippen molar-refractivity contribution in [1.82, 2.24) is 10.2 Å². The van der Waals surface area contributed by atoms with Crippen LogP contribution in [0.4, 0.5) is 5.13 Å². The number of hydrogen-bond donors (Lipinski definition) is 0. The lowest BCUT2D eigenvalue weighted by Gasteiger charge is -2.14. The maximum atomic E-state index is 4.23. The van der Waals surface area contributed by atoms with E-state index in [4.69, 9.17) is 0 Å². The Morgan fingerprint density at radius 3 is 2.67 bits per heavy atom. The minimum absolute atomic E-state index is 0.494. The first-order valence-corrected chi connectivity index (χ1v) is 6.53. The van der Waals surface area contributed by atoms with E-state index in [-0.39, 0.29) is 0 Å². The standard InChI is InChI=1S/C11H19N3S/c1-8(2)10-12-13-11(15-10)14(3)7-6-9-4-5-9/h8-9H,4-7H2,1-3H3. The molecular formula is C11H19N3S. The van der Waals surface area contributed by atoms with Crippen LogP contribution in [0.25, 0.3) is 0 Å². The van der Waals surface area contributed by atoms with Gasteiger partial charge in [-0.1, -0.05) is 38.0 Å². The van der Waals surface area contributed by atoms with Crippen LogP contribution >= 0.6 is 11.3 Å². The summed E-state index contributed by atoms with van der Waals surface area (Å²) in [6.45, 7) is 5.44. The van der Waals surface area contributed by atoms with Crippen molar-refractivity contribution >= 4 is 16.5 Å². The first-order chi connectivity index (χ1) is 7.16. The molecule has 1 saturated carbocycles. The molecule has 4 heteroatoms. The molecule has 0 unspecified atom stereocenters. The number of aromatic nitrogens is 2. The van der Waals surface area contributed by atoms with Crippen molar-refractivity contribution in [2.45, 2.75) is 39.0 Å². The van der Waals surface area contributed by atoms with E-state index in [9.17, 15) is 0 Å². The smallest absolute Gasteiger partial charge is 0.208 e. The Bertz CT molecular complexity index is 317. The summed E-state index contributed by atoms with van der Waals surface area (Å²) in [6.07, 6.45) is 4.18. The fourth-order valence-corrected chi connectivity index (χ4v) is 2.33. The van der Waals surface area contributed by atoms with Crippen LogP contribution in [0, 0.1) is 5.92 Å². The van der Waals surface area contributed by atoms with Crippen LogP contribution in [-0.2, 0) is 0 Å². The Hall–Kier alpha value is -0.640. The molecule has 1 fully saturated rings. The quantitative estimate of drug-likeness (QED) is 0.771. The van der Waals surface area contributed by atoms with E-state index in [0.29, 0.717) is 5.92 Å². The minimum Gasteiger partial charge on any atom is -0.350 e. The lowest BCUT2D eigenvalue weighted by Crippen LogP contribution is -2.18. The molecule has 0 N–H and O–H groups in total. The number of rotatable bonds is 5. The van der Waals surface area contributed by atoms with Gasteiger partial charge in [-0.15, -0.1) is 10.2 Å². The zero-order chi connectivity index (χ0) is 10.8. The highest BCUT2D eigenvalue weighted by atomic mass is 32.1. The van der Waals surface area contributed by atoms with Crippen molar-refractivity contribution < 1.29 is 0 Å². The summed E-state index contributed by atoms with van der Waals surface area (Å²) < 4.78 is 0. The fraction of sp³-hybridized carbons (Fsp3) is 0.818. The van der Waals surface area contributed by atoms with Crippen molar-refractivity contribution in [3.05, 3.63) is 5.01 Å². The summed E-state index contributed by atoms with van der Waals surface area (Å²) in [5.74, 6) is 1.48. The maximum Gasteiger partial charge on any atom is 0.208 e. The second-order valence-electron chi connectivity index (χ2n) is 4.73. The van der Waals surface area contributed by atoms with Gasteiger partial charge in [-0.2, -0.15) is 0 Å². The molecule has 0 aromatic carbocycles. The molecule has 15 heavy (non-hydrogen) atoms. The van der Waals surface area contributed by atoms with E-state index in [1.165, 1.54) is 19.3 Å². The van der Waals surface area contributed by atoms with Crippen LogP contribution in [0.3, 0.4) is 0 Å².